The molecular weight excluding hydrogens is 132 g/mol. The largest absolute Gasteiger partial charge is 0.460 e. The number of hydrogen-bond acceptors (Lipinski definition) is 4. The summed E-state index contributed by atoms with van der Waals surface area (Å²) in [6.45, 7) is 3.63. The van der Waals surface area contributed by atoms with E-state index in [-0.39, 0.29) is 6.10 Å². The van der Waals surface area contributed by atoms with Crippen molar-refractivity contribution in [3.63, 3.8) is 0 Å². The zero-order valence-electron chi connectivity index (χ0n) is 6.33. The Hall–Kier alpha value is -0.610. The molecule has 4 nitrogen and oxygen atoms in total. The van der Waals surface area contributed by atoms with Crippen LogP contribution in [0.4, 0.5) is 0 Å². The number of nitrogens with two attached hydrogens (primary N) is 2. The summed E-state index contributed by atoms with van der Waals surface area (Å²) >= 11 is 0. The summed E-state index contributed by atoms with van der Waals surface area (Å²) in [7, 11) is 0. The Morgan fingerprint density at radius 2 is 2.10 bits per heavy atom. The summed E-state index contributed by atoms with van der Waals surface area (Å²) < 4.78 is 4.77. The van der Waals surface area contributed by atoms with Crippen molar-refractivity contribution in [3.8, 4) is 0 Å². The molecule has 0 spiro atoms. The number of hydrogen-bond donors (Lipinski definition) is 2. The molecule has 0 aromatic rings. The number of carbonyl (C=O) groups is 1. The summed E-state index contributed by atoms with van der Waals surface area (Å²) in [6, 6.07) is -0.561. The molecule has 0 saturated heterocycles. The fourth-order valence-corrected chi connectivity index (χ4v) is 0.354. The third kappa shape index (κ3) is 3.42. The van der Waals surface area contributed by atoms with Crippen LogP contribution in [0.5, 0.6) is 0 Å². The van der Waals surface area contributed by atoms with E-state index in [0.29, 0.717) is 6.54 Å². The Kier molecular flexibility index (Phi) is 3.99. The van der Waals surface area contributed by atoms with Gasteiger partial charge in [-0.2, -0.15) is 0 Å². The second-order valence-electron chi connectivity index (χ2n) is 2.27. The van der Waals surface area contributed by atoms with Crippen LogP contribution in [0.2, 0.25) is 0 Å². The van der Waals surface area contributed by atoms with Gasteiger partial charge in [-0.15, -0.1) is 0 Å². The van der Waals surface area contributed by atoms with Crippen LogP contribution in [0.25, 0.3) is 0 Å². The Balaban J connectivity index is 3.57. The van der Waals surface area contributed by atoms with Crippen LogP contribution >= 0.6 is 0 Å². The summed E-state index contributed by atoms with van der Waals surface area (Å²) in [5, 5.41) is 0. The second kappa shape index (κ2) is 4.24. The quantitative estimate of drug-likeness (QED) is 0.512. The van der Waals surface area contributed by atoms with Gasteiger partial charge in [-0.05, 0) is 13.8 Å². The lowest BCUT2D eigenvalue weighted by Gasteiger charge is -2.11. The highest BCUT2D eigenvalue weighted by atomic mass is 16.5. The highest BCUT2D eigenvalue weighted by Crippen LogP contribution is 1.90. The fraction of sp³-hybridized carbons (Fsp3) is 0.833. The summed E-state index contributed by atoms with van der Waals surface area (Å²) in [5.41, 5.74) is 10.4. The lowest BCUT2D eigenvalue weighted by atomic mass is 10.3. The molecule has 0 aliphatic carbocycles. The van der Waals surface area contributed by atoms with Crippen molar-refractivity contribution in [2.24, 2.45) is 11.5 Å². The van der Waals surface area contributed by atoms with E-state index in [1.807, 2.05) is 0 Å². The minimum absolute atomic E-state index is 0.238. The van der Waals surface area contributed by atoms with Crippen LogP contribution in [0, 0.1) is 0 Å². The van der Waals surface area contributed by atoms with E-state index in [0.717, 1.165) is 0 Å². The van der Waals surface area contributed by atoms with Gasteiger partial charge in [-0.25, -0.2) is 0 Å². The van der Waals surface area contributed by atoms with Crippen LogP contribution in [0.15, 0.2) is 0 Å². The van der Waals surface area contributed by atoms with Crippen molar-refractivity contribution < 1.29 is 9.53 Å². The van der Waals surface area contributed by atoms with E-state index >= 15 is 0 Å². The van der Waals surface area contributed by atoms with Gasteiger partial charge in [0.25, 0.3) is 0 Å². The van der Waals surface area contributed by atoms with Crippen LogP contribution in [0.3, 0.4) is 0 Å². The molecule has 1 unspecified atom stereocenters. The molecule has 0 saturated carbocycles. The van der Waals surface area contributed by atoms with Crippen molar-refractivity contribution in [2.45, 2.75) is 26.0 Å². The van der Waals surface area contributed by atoms with E-state index in [9.17, 15) is 4.79 Å². The molecule has 0 aliphatic heterocycles. The number of rotatable bonds is 3. The summed E-state index contributed by atoms with van der Waals surface area (Å²) in [6.07, 6.45) is -0.238. The van der Waals surface area contributed by atoms with E-state index in [1.165, 1.54) is 0 Å². The van der Waals surface area contributed by atoms with Crippen LogP contribution in [-0.2, 0) is 9.53 Å². The van der Waals surface area contributed by atoms with Crippen LogP contribution < -0.4 is 11.5 Å². The predicted molar refractivity (Wildman–Crippen MR) is 38.3 cm³/mol. The number of esters is 1. The standard InChI is InChI=1S/C6H14N2O2/c1-4(3-7)10-6(9)5(2)8/h4-5H,3,7-8H2,1-2H3/t4-,5?/m0/s1. The maximum Gasteiger partial charge on any atom is 0.322 e. The van der Waals surface area contributed by atoms with Crippen molar-refractivity contribution in [3.05, 3.63) is 0 Å². The molecule has 0 fully saturated rings. The Labute approximate surface area is 60.5 Å². The van der Waals surface area contributed by atoms with Crippen molar-refractivity contribution in [1.29, 1.82) is 0 Å². The first kappa shape index (κ1) is 9.39. The molecule has 60 valence electrons. The first-order chi connectivity index (χ1) is 4.57. The number of carbonyl (C=O) groups excluding carboxylic acids is 1. The van der Waals surface area contributed by atoms with Crippen LogP contribution in [-0.4, -0.2) is 24.7 Å². The van der Waals surface area contributed by atoms with Gasteiger partial charge >= 0.3 is 5.97 Å². The summed E-state index contributed by atoms with van der Waals surface area (Å²) in [4.78, 5) is 10.7. The van der Waals surface area contributed by atoms with Crippen molar-refractivity contribution in [1.82, 2.24) is 0 Å². The van der Waals surface area contributed by atoms with Gasteiger partial charge in [0.05, 0.1) is 0 Å². The van der Waals surface area contributed by atoms with E-state index < -0.39 is 12.0 Å². The monoisotopic (exact) mass is 146 g/mol. The molecule has 0 amide bonds. The number of ether oxygens (including phenoxy) is 1. The van der Waals surface area contributed by atoms with Gasteiger partial charge in [-0.1, -0.05) is 0 Å². The van der Waals surface area contributed by atoms with E-state index in [4.69, 9.17) is 16.2 Å². The average molecular weight is 146 g/mol. The van der Waals surface area contributed by atoms with Gasteiger partial charge in [-0.3, -0.25) is 4.79 Å². The Morgan fingerprint density at radius 3 is 2.40 bits per heavy atom. The van der Waals surface area contributed by atoms with Crippen LogP contribution in [0.1, 0.15) is 13.8 Å². The molecule has 0 aromatic carbocycles. The smallest absolute Gasteiger partial charge is 0.322 e. The molecule has 0 rings (SSSR count). The van der Waals surface area contributed by atoms with Gasteiger partial charge in [0.15, 0.2) is 0 Å². The van der Waals surface area contributed by atoms with Crippen molar-refractivity contribution in [2.75, 3.05) is 6.54 Å². The maximum absolute atomic E-state index is 10.7. The van der Waals surface area contributed by atoms with E-state index in [1.54, 1.807) is 13.8 Å². The topological polar surface area (TPSA) is 78.3 Å². The highest BCUT2D eigenvalue weighted by Gasteiger charge is 2.11. The first-order valence-corrected chi connectivity index (χ1v) is 3.24. The first-order valence-electron chi connectivity index (χ1n) is 3.24. The third-order valence-electron chi connectivity index (χ3n) is 1.02. The lowest BCUT2D eigenvalue weighted by Crippen LogP contribution is -2.33. The molecule has 0 radical (unpaired) electrons. The molecule has 0 aromatic heterocycles. The predicted octanol–water partition coefficient (Wildman–Crippen LogP) is -0.776. The molecule has 10 heavy (non-hydrogen) atoms. The van der Waals surface area contributed by atoms with Gasteiger partial charge in [0.1, 0.15) is 12.1 Å². The highest BCUT2D eigenvalue weighted by molar-refractivity contribution is 5.75. The zero-order valence-corrected chi connectivity index (χ0v) is 6.33. The summed E-state index contributed by atoms with van der Waals surface area (Å²) in [5.74, 6) is -0.405. The molecule has 4 heteroatoms. The minimum Gasteiger partial charge on any atom is -0.460 e. The van der Waals surface area contributed by atoms with Crippen molar-refractivity contribution >= 4 is 5.97 Å². The Morgan fingerprint density at radius 1 is 1.60 bits per heavy atom. The molecule has 0 heterocycles. The minimum atomic E-state index is -0.561. The molecule has 4 N–H and O–H groups in total. The second-order valence-corrected chi connectivity index (χ2v) is 2.27. The normalized spacial score (nSPS) is 16.0. The zero-order chi connectivity index (χ0) is 8.15. The third-order valence-corrected chi connectivity index (χ3v) is 1.02. The maximum atomic E-state index is 10.7. The average Bonchev–Trinajstić information content (AvgIpc) is 1.87. The van der Waals surface area contributed by atoms with Gasteiger partial charge in [0, 0.05) is 6.54 Å². The SMILES string of the molecule is CC(N)C(=O)O[C@@H](C)CN. The fourth-order valence-electron chi connectivity index (χ4n) is 0.354. The molecule has 0 bridgehead atoms. The molecule has 0 aliphatic rings. The molecular formula is C6H14N2O2. The van der Waals surface area contributed by atoms with Gasteiger partial charge < -0.3 is 16.2 Å². The van der Waals surface area contributed by atoms with E-state index in [2.05, 4.69) is 0 Å². The molecule has 2 atom stereocenters. The lowest BCUT2D eigenvalue weighted by molar-refractivity contribution is -0.148. The Bertz CT molecular complexity index is 114. The van der Waals surface area contributed by atoms with Gasteiger partial charge in [0.2, 0.25) is 0 Å².